The van der Waals surface area contributed by atoms with Crippen molar-refractivity contribution < 1.29 is 19.2 Å². The lowest BCUT2D eigenvalue weighted by molar-refractivity contribution is -0.386. The van der Waals surface area contributed by atoms with Crippen molar-refractivity contribution in [3.8, 4) is 0 Å². The van der Waals surface area contributed by atoms with Gasteiger partial charge in [-0.2, -0.15) is 5.10 Å². The lowest BCUT2D eigenvalue weighted by atomic mass is 9.78. The Labute approximate surface area is 152 Å². The van der Waals surface area contributed by atoms with Crippen LogP contribution >= 0.6 is 0 Å². The molecule has 1 aliphatic carbocycles. The zero-order valence-electron chi connectivity index (χ0n) is 15.7. The predicted molar refractivity (Wildman–Crippen MR) is 93.4 cm³/mol. The first-order valence-corrected chi connectivity index (χ1v) is 8.84. The van der Waals surface area contributed by atoms with Crippen molar-refractivity contribution in [1.29, 1.82) is 0 Å². The monoisotopic (exact) mass is 366 g/mol. The quantitative estimate of drug-likeness (QED) is 0.467. The SMILES string of the molecule is Cc1nn(CC(=O)OCC(=O)N[C@H]2CCC[C@H](C)[C@@H]2C)c(C)c1[N+](=O)[O-]. The zero-order chi connectivity index (χ0) is 19.4. The molecule has 1 heterocycles. The number of aromatic nitrogens is 2. The molecule has 2 rings (SSSR count). The second kappa shape index (κ2) is 8.29. The number of nitrogens with zero attached hydrogens (tertiary/aromatic N) is 3. The van der Waals surface area contributed by atoms with E-state index >= 15 is 0 Å². The third-order valence-corrected chi connectivity index (χ3v) is 5.22. The summed E-state index contributed by atoms with van der Waals surface area (Å²) in [5.74, 6) is -0.0496. The van der Waals surface area contributed by atoms with Gasteiger partial charge in [-0.15, -0.1) is 0 Å². The van der Waals surface area contributed by atoms with Crippen molar-refractivity contribution in [1.82, 2.24) is 15.1 Å². The molecule has 1 aliphatic rings. The van der Waals surface area contributed by atoms with Gasteiger partial charge in [-0.05, 0) is 32.1 Å². The van der Waals surface area contributed by atoms with Gasteiger partial charge in [0.2, 0.25) is 0 Å². The number of carbonyl (C=O) groups excluding carboxylic acids is 2. The van der Waals surface area contributed by atoms with Crippen LogP contribution in [-0.2, 0) is 20.9 Å². The fourth-order valence-electron chi connectivity index (χ4n) is 3.45. The van der Waals surface area contributed by atoms with Crippen molar-refractivity contribution in [2.45, 2.75) is 59.5 Å². The highest BCUT2D eigenvalue weighted by molar-refractivity contribution is 5.80. The summed E-state index contributed by atoms with van der Waals surface area (Å²) in [6.45, 7) is 6.69. The van der Waals surface area contributed by atoms with Crippen LogP contribution in [0.5, 0.6) is 0 Å². The van der Waals surface area contributed by atoms with Crippen LogP contribution in [-0.4, -0.2) is 39.2 Å². The number of hydrogen-bond acceptors (Lipinski definition) is 6. The number of carbonyl (C=O) groups is 2. The van der Waals surface area contributed by atoms with Crippen LogP contribution in [0, 0.1) is 35.8 Å². The van der Waals surface area contributed by atoms with Crippen molar-refractivity contribution >= 4 is 17.6 Å². The number of aryl methyl sites for hydroxylation is 1. The summed E-state index contributed by atoms with van der Waals surface area (Å²) in [4.78, 5) is 34.4. The minimum atomic E-state index is -0.661. The van der Waals surface area contributed by atoms with Crippen LogP contribution in [0.4, 0.5) is 5.69 Å². The van der Waals surface area contributed by atoms with E-state index in [1.807, 2.05) is 0 Å². The molecule has 0 bridgehead atoms. The number of nitrogens with one attached hydrogen (secondary N) is 1. The van der Waals surface area contributed by atoms with Crippen molar-refractivity contribution in [3.05, 3.63) is 21.5 Å². The normalized spacial score (nSPS) is 22.7. The molecule has 1 amide bonds. The highest BCUT2D eigenvalue weighted by atomic mass is 16.6. The molecule has 1 aromatic heterocycles. The number of rotatable bonds is 6. The third kappa shape index (κ3) is 4.59. The Balaban J connectivity index is 1.84. The van der Waals surface area contributed by atoms with Crippen LogP contribution < -0.4 is 5.32 Å². The molecule has 1 saturated carbocycles. The minimum Gasteiger partial charge on any atom is -0.454 e. The Kier molecular flexibility index (Phi) is 6.33. The van der Waals surface area contributed by atoms with Gasteiger partial charge < -0.3 is 10.1 Å². The van der Waals surface area contributed by atoms with E-state index in [0.29, 0.717) is 11.8 Å². The Bertz CT molecular complexity index is 700. The summed E-state index contributed by atoms with van der Waals surface area (Å²) < 4.78 is 6.22. The number of hydrogen-bond donors (Lipinski definition) is 1. The van der Waals surface area contributed by atoms with E-state index in [2.05, 4.69) is 24.3 Å². The molecule has 0 aliphatic heterocycles. The number of nitro groups is 1. The maximum absolute atomic E-state index is 12.0. The molecular weight excluding hydrogens is 340 g/mol. The Morgan fingerprint density at radius 2 is 2.04 bits per heavy atom. The third-order valence-electron chi connectivity index (χ3n) is 5.22. The van der Waals surface area contributed by atoms with Crippen LogP contribution in [0.2, 0.25) is 0 Å². The molecule has 1 fully saturated rings. The Hall–Kier alpha value is -2.45. The van der Waals surface area contributed by atoms with Crippen LogP contribution in [0.3, 0.4) is 0 Å². The van der Waals surface area contributed by atoms with Gasteiger partial charge in [0.25, 0.3) is 5.91 Å². The van der Waals surface area contributed by atoms with Crippen LogP contribution in [0.15, 0.2) is 0 Å². The van der Waals surface area contributed by atoms with E-state index in [0.717, 1.165) is 19.3 Å². The fourth-order valence-corrected chi connectivity index (χ4v) is 3.45. The summed E-state index contributed by atoms with van der Waals surface area (Å²) in [6.07, 6.45) is 3.17. The first kappa shape index (κ1) is 19.9. The summed E-state index contributed by atoms with van der Waals surface area (Å²) in [5, 5.41) is 17.9. The first-order chi connectivity index (χ1) is 12.2. The topological polar surface area (TPSA) is 116 Å². The predicted octanol–water partition coefficient (Wildman–Crippen LogP) is 1.89. The largest absolute Gasteiger partial charge is 0.454 e. The molecule has 144 valence electrons. The van der Waals surface area contributed by atoms with E-state index in [1.165, 1.54) is 18.5 Å². The minimum absolute atomic E-state index is 0.101. The summed E-state index contributed by atoms with van der Waals surface area (Å²) in [6, 6.07) is 0.101. The van der Waals surface area contributed by atoms with Crippen LogP contribution in [0.25, 0.3) is 0 Å². The number of esters is 1. The second-order valence-corrected chi connectivity index (χ2v) is 7.04. The van der Waals surface area contributed by atoms with Crippen molar-refractivity contribution in [2.24, 2.45) is 11.8 Å². The molecule has 0 radical (unpaired) electrons. The number of ether oxygens (including phenoxy) is 1. The summed E-state index contributed by atoms with van der Waals surface area (Å²) >= 11 is 0. The van der Waals surface area contributed by atoms with E-state index in [4.69, 9.17) is 4.74 Å². The smallest absolute Gasteiger partial charge is 0.328 e. The van der Waals surface area contributed by atoms with Gasteiger partial charge in [0.1, 0.15) is 17.9 Å². The molecule has 0 saturated heterocycles. The molecule has 1 N–H and O–H groups in total. The zero-order valence-corrected chi connectivity index (χ0v) is 15.7. The Morgan fingerprint density at radius 1 is 1.35 bits per heavy atom. The molecule has 0 unspecified atom stereocenters. The molecule has 0 aromatic carbocycles. The van der Waals surface area contributed by atoms with Crippen molar-refractivity contribution in [2.75, 3.05) is 6.61 Å². The van der Waals surface area contributed by atoms with Gasteiger partial charge in [-0.3, -0.25) is 24.4 Å². The first-order valence-electron chi connectivity index (χ1n) is 8.84. The molecule has 0 spiro atoms. The average molecular weight is 366 g/mol. The van der Waals surface area contributed by atoms with Crippen molar-refractivity contribution in [3.63, 3.8) is 0 Å². The molecule has 9 nitrogen and oxygen atoms in total. The molecule has 3 atom stereocenters. The fraction of sp³-hybridized carbons (Fsp3) is 0.706. The van der Waals surface area contributed by atoms with E-state index in [-0.39, 0.29) is 42.2 Å². The maximum Gasteiger partial charge on any atom is 0.328 e. The van der Waals surface area contributed by atoms with Crippen LogP contribution in [0.1, 0.15) is 44.5 Å². The maximum atomic E-state index is 12.0. The lowest BCUT2D eigenvalue weighted by Gasteiger charge is -2.34. The number of amides is 1. The van der Waals surface area contributed by atoms with Gasteiger partial charge in [-0.1, -0.05) is 26.7 Å². The highest BCUT2D eigenvalue weighted by Crippen LogP contribution is 2.29. The molecular formula is C17H26N4O5. The molecule has 26 heavy (non-hydrogen) atoms. The molecule has 1 aromatic rings. The Morgan fingerprint density at radius 3 is 2.65 bits per heavy atom. The van der Waals surface area contributed by atoms with E-state index < -0.39 is 10.9 Å². The summed E-state index contributed by atoms with van der Waals surface area (Å²) in [5.41, 5.74) is 0.397. The van der Waals surface area contributed by atoms with Gasteiger partial charge in [0.15, 0.2) is 6.61 Å². The second-order valence-electron chi connectivity index (χ2n) is 7.04. The van der Waals surface area contributed by atoms with Gasteiger partial charge in [0, 0.05) is 6.04 Å². The van der Waals surface area contributed by atoms with E-state index in [9.17, 15) is 19.7 Å². The highest BCUT2D eigenvalue weighted by Gasteiger charge is 2.28. The lowest BCUT2D eigenvalue weighted by Crippen LogP contribution is -2.45. The van der Waals surface area contributed by atoms with E-state index in [1.54, 1.807) is 0 Å². The van der Waals surface area contributed by atoms with Gasteiger partial charge >= 0.3 is 11.7 Å². The summed E-state index contributed by atoms with van der Waals surface area (Å²) in [7, 11) is 0. The molecule has 9 heteroatoms. The average Bonchev–Trinajstić information content (AvgIpc) is 2.83. The van der Waals surface area contributed by atoms with Gasteiger partial charge in [-0.25, -0.2) is 0 Å². The standard InChI is InChI=1S/C17H26N4O5/c1-10-6-5-7-14(11(10)2)18-15(22)9-26-16(23)8-20-13(4)17(21(24)25)12(3)19-20/h10-11,14H,5-9H2,1-4H3,(H,18,22)/t10-,11-,14-/m0/s1. The van der Waals surface area contributed by atoms with Gasteiger partial charge in [0.05, 0.1) is 4.92 Å².